The zero-order valence-corrected chi connectivity index (χ0v) is 14.8. The van der Waals surface area contributed by atoms with Gasteiger partial charge < -0.3 is 10.4 Å². The van der Waals surface area contributed by atoms with Crippen LogP contribution in [0.25, 0.3) is 0 Å². The van der Waals surface area contributed by atoms with Gasteiger partial charge in [0.15, 0.2) is 0 Å². The lowest BCUT2D eigenvalue weighted by atomic mass is 10.0. The molecule has 23 heavy (non-hydrogen) atoms. The highest BCUT2D eigenvalue weighted by atomic mass is 127. The fourth-order valence-electron chi connectivity index (χ4n) is 2.59. The third-order valence-corrected chi connectivity index (χ3v) is 6.34. The van der Waals surface area contributed by atoms with Crippen LogP contribution >= 0.6 is 34.4 Å². The Kier molecular flexibility index (Phi) is 4.62. The number of benzene rings is 1. The fourth-order valence-corrected chi connectivity index (χ4v) is 4.81. The predicted octanol–water partition coefficient (Wildman–Crippen LogP) is 1.36. The van der Waals surface area contributed by atoms with Gasteiger partial charge >= 0.3 is 5.97 Å². The van der Waals surface area contributed by atoms with Crippen LogP contribution < -0.4 is 5.32 Å². The van der Waals surface area contributed by atoms with Gasteiger partial charge in [0.25, 0.3) is 5.91 Å². The van der Waals surface area contributed by atoms with Gasteiger partial charge in [-0.25, -0.2) is 4.79 Å². The lowest BCUT2D eigenvalue weighted by Gasteiger charge is -2.48. The topological polar surface area (TPSA) is 86.7 Å². The van der Waals surface area contributed by atoms with Crippen molar-refractivity contribution < 1.29 is 19.5 Å². The number of nitrogens with zero attached hydrogens (tertiary/aromatic N) is 1. The maximum Gasteiger partial charge on any atom is 0.353 e. The number of carboxylic acids is 1. The molecule has 0 aliphatic carbocycles. The van der Waals surface area contributed by atoms with Crippen LogP contribution in [0.3, 0.4) is 0 Å². The average molecular weight is 444 g/mol. The van der Waals surface area contributed by atoms with E-state index >= 15 is 0 Å². The van der Waals surface area contributed by atoms with Crippen molar-refractivity contribution in [3.05, 3.63) is 45.2 Å². The minimum Gasteiger partial charge on any atom is -0.477 e. The Hall–Kier alpha value is -1.55. The standard InChI is InChI=1S/C15H13IN2O4S/c16-9-7-23-14-11(13(20)18(14)12(9)15(21)22)17-10(19)6-8-4-2-1-3-5-8/h1-5,11,14H,6-7H2,(H,17,19)(H,21,22)/t11?,14-/m0/s1. The van der Waals surface area contributed by atoms with Gasteiger partial charge in [-0.05, 0) is 28.2 Å². The van der Waals surface area contributed by atoms with Crippen LogP contribution in [-0.2, 0) is 20.8 Å². The summed E-state index contributed by atoms with van der Waals surface area (Å²) in [6.07, 6.45) is 0.196. The zero-order valence-electron chi connectivity index (χ0n) is 11.9. The second-order valence-electron chi connectivity index (χ2n) is 5.18. The molecule has 2 aliphatic heterocycles. The summed E-state index contributed by atoms with van der Waals surface area (Å²) in [5, 5.41) is 11.6. The molecule has 2 amide bonds. The molecule has 1 fully saturated rings. The summed E-state index contributed by atoms with van der Waals surface area (Å²) in [5.74, 6) is -1.19. The number of fused-ring (bicyclic) bond motifs is 1. The van der Waals surface area contributed by atoms with Crippen LogP contribution in [0.1, 0.15) is 5.56 Å². The molecular formula is C15H13IN2O4S. The van der Waals surface area contributed by atoms with Gasteiger partial charge in [0.05, 0.1) is 6.42 Å². The number of thioether (sulfide) groups is 1. The van der Waals surface area contributed by atoms with Crippen LogP contribution in [0, 0.1) is 0 Å². The van der Waals surface area contributed by atoms with E-state index in [4.69, 9.17) is 0 Å². The molecule has 1 aromatic rings. The van der Waals surface area contributed by atoms with Gasteiger partial charge in [-0.2, -0.15) is 0 Å². The number of aliphatic carboxylic acids is 1. The van der Waals surface area contributed by atoms with Gasteiger partial charge in [-0.15, -0.1) is 11.8 Å². The van der Waals surface area contributed by atoms with Crippen LogP contribution in [0.5, 0.6) is 0 Å². The van der Waals surface area contributed by atoms with Crippen LogP contribution in [0.15, 0.2) is 39.6 Å². The van der Waals surface area contributed by atoms with Gasteiger partial charge in [0.1, 0.15) is 17.1 Å². The quantitative estimate of drug-likeness (QED) is 0.541. The van der Waals surface area contributed by atoms with Crippen molar-refractivity contribution >= 4 is 52.1 Å². The van der Waals surface area contributed by atoms with Crippen LogP contribution in [0.4, 0.5) is 0 Å². The summed E-state index contributed by atoms with van der Waals surface area (Å²) in [5.41, 5.74) is 0.901. The number of carbonyl (C=O) groups is 3. The van der Waals surface area contributed by atoms with E-state index in [-0.39, 0.29) is 29.3 Å². The highest BCUT2D eigenvalue weighted by Gasteiger charge is 2.53. The maximum atomic E-state index is 12.2. The SMILES string of the molecule is O=C(Cc1ccccc1)NC1C(=O)N2C(C(=O)O)=C(I)CS[C@@H]12. The first-order chi connectivity index (χ1) is 11.0. The molecule has 2 heterocycles. The third-order valence-electron chi connectivity index (χ3n) is 3.65. The van der Waals surface area contributed by atoms with E-state index in [2.05, 4.69) is 5.32 Å². The number of halogens is 1. The molecule has 6 nitrogen and oxygen atoms in total. The van der Waals surface area contributed by atoms with E-state index in [1.165, 1.54) is 16.7 Å². The number of β-lactam (4-membered cyclic amide) rings is 1. The molecule has 1 aromatic carbocycles. The molecule has 8 heteroatoms. The molecule has 2 atom stereocenters. The van der Waals surface area contributed by atoms with E-state index < -0.39 is 12.0 Å². The molecular weight excluding hydrogens is 431 g/mol. The van der Waals surface area contributed by atoms with Crippen LogP contribution in [0.2, 0.25) is 0 Å². The van der Waals surface area contributed by atoms with Crippen molar-refractivity contribution in [3.63, 3.8) is 0 Å². The van der Waals surface area contributed by atoms with Crippen LogP contribution in [-0.4, -0.2) is 45.0 Å². The number of nitrogens with one attached hydrogen (secondary N) is 1. The van der Waals surface area contributed by atoms with Crippen molar-refractivity contribution in [3.8, 4) is 0 Å². The lowest BCUT2D eigenvalue weighted by Crippen LogP contribution is -2.70. The second kappa shape index (κ2) is 6.52. The fraction of sp³-hybridized carbons (Fsp3) is 0.267. The Bertz CT molecular complexity index is 707. The van der Waals surface area contributed by atoms with E-state index in [1.807, 2.05) is 52.9 Å². The molecule has 1 unspecified atom stereocenters. The van der Waals surface area contributed by atoms with E-state index in [1.54, 1.807) is 0 Å². The molecule has 120 valence electrons. The first-order valence-corrected chi connectivity index (χ1v) is 9.01. The Balaban J connectivity index is 1.67. The summed E-state index contributed by atoms with van der Waals surface area (Å²) >= 11 is 3.41. The smallest absolute Gasteiger partial charge is 0.353 e. The summed E-state index contributed by atoms with van der Waals surface area (Å²) in [6.45, 7) is 0. The highest BCUT2D eigenvalue weighted by molar-refractivity contribution is 14.1. The van der Waals surface area contributed by atoms with Gasteiger partial charge in [0, 0.05) is 9.33 Å². The number of carbonyl (C=O) groups excluding carboxylic acids is 2. The Morgan fingerprint density at radius 1 is 1.35 bits per heavy atom. The first-order valence-electron chi connectivity index (χ1n) is 6.89. The average Bonchev–Trinajstić information content (AvgIpc) is 2.53. The Morgan fingerprint density at radius 3 is 2.70 bits per heavy atom. The molecule has 3 rings (SSSR count). The van der Waals surface area contributed by atoms with Crippen molar-refractivity contribution in [2.45, 2.75) is 17.8 Å². The van der Waals surface area contributed by atoms with Gasteiger partial charge in [0.2, 0.25) is 5.91 Å². The van der Waals surface area contributed by atoms with Gasteiger partial charge in [-0.3, -0.25) is 14.5 Å². The summed E-state index contributed by atoms with van der Waals surface area (Å²) in [6, 6.07) is 8.60. The number of amides is 2. The van der Waals surface area contributed by atoms with Gasteiger partial charge in [-0.1, -0.05) is 30.3 Å². The monoisotopic (exact) mass is 444 g/mol. The Labute approximate surface area is 150 Å². The predicted molar refractivity (Wildman–Crippen MR) is 93.9 cm³/mol. The molecule has 0 bridgehead atoms. The third kappa shape index (κ3) is 3.09. The molecule has 0 radical (unpaired) electrons. The number of hydrogen-bond donors (Lipinski definition) is 2. The number of rotatable bonds is 4. The maximum absolute atomic E-state index is 12.2. The lowest BCUT2D eigenvalue weighted by molar-refractivity contribution is -0.150. The highest BCUT2D eigenvalue weighted by Crippen LogP contribution is 2.41. The number of carboxylic acid groups (broad SMARTS) is 1. The van der Waals surface area contributed by atoms with E-state index in [9.17, 15) is 19.5 Å². The molecule has 0 saturated carbocycles. The van der Waals surface area contributed by atoms with E-state index in [0.29, 0.717) is 9.33 Å². The van der Waals surface area contributed by atoms with E-state index in [0.717, 1.165) is 5.56 Å². The van der Waals surface area contributed by atoms with Crippen molar-refractivity contribution in [1.29, 1.82) is 0 Å². The molecule has 1 saturated heterocycles. The number of hydrogen-bond acceptors (Lipinski definition) is 4. The minimum atomic E-state index is -1.11. The molecule has 0 aromatic heterocycles. The zero-order chi connectivity index (χ0) is 16.6. The van der Waals surface area contributed by atoms with Crippen molar-refractivity contribution in [2.75, 3.05) is 5.75 Å². The minimum absolute atomic E-state index is 0.0351. The summed E-state index contributed by atoms with van der Waals surface area (Å²) in [4.78, 5) is 36.9. The van der Waals surface area contributed by atoms with Crippen molar-refractivity contribution in [1.82, 2.24) is 10.2 Å². The Morgan fingerprint density at radius 2 is 2.04 bits per heavy atom. The van der Waals surface area contributed by atoms with Crippen molar-refractivity contribution in [2.24, 2.45) is 0 Å². The largest absolute Gasteiger partial charge is 0.477 e. The molecule has 2 N–H and O–H groups in total. The summed E-state index contributed by atoms with van der Waals surface area (Å²) < 4.78 is 0.638. The second-order valence-corrected chi connectivity index (χ2v) is 7.58. The summed E-state index contributed by atoms with van der Waals surface area (Å²) in [7, 11) is 0. The molecule has 2 aliphatic rings. The first kappa shape index (κ1) is 16.3. The molecule has 0 spiro atoms. The normalized spacial score (nSPS) is 23.2.